The molecule has 1 heteroatoms. The molecule has 0 N–H and O–H groups in total. The second kappa shape index (κ2) is 2.94. The maximum atomic E-state index is 10.7. The first-order valence-corrected chi connectivity index (χ1v) is 4.45. The Morgan fingerprint density at radius 3 is 2.50 bits per heavy atom. The molecule has 0 spiro atoms. The number of hydrogen-bond donors (Lipinski definition) is 0. The molecule has 1 aliphatic rings. The number of Topliss-reactive ketones (excluding diaryl/α,β-unsaturated/α-hetero) is 1. The number of rotatable bonds is 3. The second-order valence-corrected chi connectivity index (χ2v) is 4.31. The van der Waals surface area contributed by atoms with Crippen LogP contribution in [0, 0.1) is 29.6 Å². The van der Waals surface area contributed by atoms with Gasteiger partial charge < -0.3 is 4.79 Å². The molecule has 1 saturated carbocycles. The van der Waals surface area contributed by atoms with Crippen LogP contribution in [0.25, 0.3) is 0 Å². The number of carbonyl (C=O) groups is 1. The molecule has 0 aromatic heterocycles. The van der Waals surface area contributed by atoms with Gasteiger partial charge in [-0.2, -0.15) is 0 Å². The summed E-state index contributed by atoms with van der Waals surface area (Å²) in [6.07, 6.45) is 7.03. The predicted octanol–water partition coefficient (Wildman–Crippen LogP) is 2.26. The summed E-state index contributed by atoms with van der Waals surface area (Å²) in [7, 11) is 0. The summed E-state index contributed by atoms with van der Waals surface area (Å²) in [6, 6.07) is 0. The van der Waals surface area contributed by atoms with E-state index in [1.807, 2.05) is 0 Å². The molecule has 12 heavy (non-hydrogen) atoms. The highest BCUT2D eigenvalue weighted by Crippen LogP contribution is 2.59. The fourth-order valence-corrected chi connectivity index (χ4v) is 1.97. The molecule has 1 nitrogen and oxygen atoms in total. The molecule has 0 radical (unpaired) electrons. The van der Waals surface area contributed by atoms with E-state index in [4.69, 9.17) is 6.42 Å². The average molecular weight is 164 g/mol. The zero-order valence-corrected chi connectivity index (χ0v) is 8.05. The van der Waals surface area contributed by atoms with Crippen molar-refractivity contribution >= 4 is 5.78 Å². The Balaban J connectivity index is 2.39. The molecule has 0 heterocycles. The number of terminal acetylenes is 1. The van der Waals surface area contributed by atoms with E-state index in [0.29, 0.717) is 18.3 Å². The highest BCUT2D eigenvalue weighted by Gasteiger charge is 2.55. The molecule has 0 amide bonds. The summed E-state index contributed by atoms with van der Waals surface area (Å²) in [5, 5.41) is 0. The van der Waals surface area contributed by atoms with E-state index in [2.05, 4.69) is 19.8 Å². The van der Waals surface area contributed by atoms with Gasteiger partial charge in [0.05, 0.1) is 0 Å². The lowest BCUT2D eigenvalue weighted by atomic mass is 10.1. The van der Waals surface area contributed by atoms with E-state index in [9.17, 15) is 4.79 Å². The normalized spacial score (nSPS) is 30.8. The van der Waals surface area contributed by atoms with Crippen LogP contribution in [0.4, 0.5) is 0 Å². The van der Waals surface area contributed by atoms with Crippen molar-refractivity contribution in [2.75, 3.05) is 0 Å². The number of hydrogen-bond acceptors (Lipinski definition) is 1. The molecule has 2 atom stereocenters. The first-order valence-electron chi connectivity index (χ1n) is 4.45. The van der Waals surface area contributed by atoms with E-state index < -0.39 is 0 Å². The highest BCUT2D eigenvalue weighted by atomic mass is 16.1. The van der Waals surface area contributed by atoms with Gasteiger partial charge in [-0.25, -0.2) is 0 Å². The van der Waals surface area contributed by atoms with Crippen molar-refractivity contribution in [3.8, 4) is 12.3 Å². The van der Waals surface area contributed by atoms with Gasteiger partial charge >= 0.3 is 0 Å². The van der Waals surface area contributed by atoms with Gasteiger partial charge in [0.15, 0.2) is 0 Å². The van der Waals surface area contributed by atoms with Gasteiger partial charge in [0.1, 0.15) is 5.78 Å². The first kappa shape index (κ1) is 9.32. The molecule has 0 aromatic carbocycles. The van der Waals surface area contributed by atoms with E-state index in [1.165, 1.54) is 0 Å². The minimum atomic E-state index is 0.272. The molecular formula is C11H16O. The van der Waals surface area contributed by atoms with E-state index in [0.717, 1.165) is 6.42 Å². The minimum absolute atomic E-state index is 0.272. The number of carbonyl (C=O) groups excluding carboxylic acids is 1. The maximum Gasteiger partial charge on any atom is 0.129 e. The van der Waals surface area contributed by atoms with Gasteiger partial charge in [0.25, 0.3) is 0 Å². The van der Waals surface area contributed by atoms with Crippen LogP contribution in [0.5, 0.6) is 0 Å². The zero-order chi connectivity index (χ0) is 9.35. The van der Waals surface area contributed by atoms with Crippen molar-refractivity contribution in [2.45, 2.75) is 33.6 Å². The highest BCUT2D eigenvalue weighted by molar-refractivity contribution is 5.75. The van der Waals surface area contributed by atoms with Gasteiger partial charge in [-0.1, -0.05) is 13.8 Å². The van der Waals surface area contributed by atoms with Crippen molar-refractivity contribution in [1.29, 1.82) is 0 Å². The fraction of sp³-hybridized carbons (Fsp3) is 0.727. The van der Waals surface area contributed by atoms with Gasteiger partial charge in [-0.3, -0.25) is 0 Å². The summed E-state index contributed by atoms with van der Waals surface area (Å²) in [5.41, 5.74) is 0.282. The topological polar surface area (TPSA) is 17.1 Å². The molecule has 66 valence electrons. The zero-order valence-electron chi connectivity index (χ0n) is 8.05. The average Bonchev–Trinajstić information content (AvgIpc) is 2.48. The largest absolute Gasteiger partial charge is 0.300 e. The molecule has 1 rings (SSSR count). The Bertz CT molecular complexity index is 232. The lowest BCUT2D eigenvalue weighted by molar-refractivity contribution is -0.117. The van der Waals surface area contributed by atoms with Crippen LogP contribution in [0.1, 0.15) is 33.6 Å². The maximum absolute atomic E-state index is 10.7. The van der Waals surface area contributed by atoms with Crippen molar-refractivity contribution in [3.05, 3.63) is 0 Å². The van der Waals surface area contributed by atoms with Crippen LogP contribution in [0.15, 0.2) is 0 Å². The van der Waals surface area contributed by atoms with Crippen LogP contribution >= 0.6 is 0 Å². The Hall–Kier alpha value is -0.770. The Morgan fingerprint density at radius 2 is 2.17 bits per heavy atom. The molecule has 0 bridgehead atoms. The van der Waals surface area contributed by atoms with Gasteiger partial charge in [0, 0.05) is 12.3 Å². The smallest absolute Gasteiger partial charge is 0.129 e. The molecule has 0 saturated heterocycles. The standard InChI is InChI=1S/C11H16O/c1-5-9-10(11(9,3)4)7-6-8(2)12/h1,9-10H,6-7H2,2-4H3. The summed E-state index contributed by atoms with van der Waals surface area (Å²) < 4.78 is 0. The van der Waals surface area contributed by atoms with Crippen molar-refractivity contribution in [3.63, 3.8) is 0 Å². The Kier molecular flexibility index (Phi) is 2.28. The summed E-state index contributed by atoms with van der Waals surface area (Å²) in [6.45, 7) is 6.00. The lowest BCUT2D eigenvalue weighted by Gasteiger charge is -1.99. The molecule has 0 aromatic rings. The van der Waals surface area contributed by atoms with Gasteiger partial charge in [0.2, 0.25) is 0 Å². The SMILES string of the molecule is C#CC1C(CCC(C)=O)C1(C)C. The third-order valence-electron chi connectivity index (χ3n) is 3.04. The van der Waals surface area contributed by atoms with E-state index >= 15 is 0 Å². The van der Waals surface area contributed by atoms with Crippen LogP contribution in [-0.2, 0) is 4.79 Å². The molecule has 0 aliphatic heterocycles. The third-order valence-corrected chi connectivity index (χ3v) is 3.04. The van der Waals surface area contributed by atoms with Crippen LogP contribution in [-0.4, -0.2) is 5.78 Å². The first-order chi connectivity index (χ1) is 5.50. The summed E-state index contributed by atoms with van der Waals surface area (Å²) in [4.78, 5) is 10.7. The molecule has 1 fully saturated rings. The van der Waals surface area contributed by atoms with E-state index in [-0.39, 0.29) is 11.2 Å². The van der Waals surface area contributed by atoms with Crippen molar-refractivity contribution in [2.24, 2.45) is 17.3 Å². The molecule has 2 unspecified atom stereocenters. The fourth-order valence-electron chi connectivity index (χ4n) is 1.97. The van der Waals surface area contributed by atoms with Gasteiger partial charge in [-0.15, -0.1) is 12.3 Å². The Labute approximate surface area is 74.5 Å². The summed E-state index contributed by atoms with van der Waals surface area (Å²) in [5.74, 6) is 4.04. The van der Waals surface area contributed by atoms with Gasteiger partial charge in [-0.05, 0) is 24.7 Å². The predicted molar refractivity (Wildman–Crippen MR) is 49.5 cm³/mol. The molecular weight excluding hydrogens is 148 g/mol. The number of ketones is 1. The molecule has 1 aliphatic carbocycles. The third kappa shape index (κ3) is 1.53. The van der Waals surface area contributed by atoms with Crippen LogP contribution in [0.3, 0.4) is 0 Å². The Morgan fingerprint density at radius 1 is 1.58 bits per heavy atom. The quantitative estimate of drug-likeness (QED) is 0.585. The van der Waals surface area contributed by atoms with Crippen molar-refractivity contribution < 1.29 is 4.79 Å². The van der Waals surface area contributed by atoms with Crippen LogP contribution < -0.4 is 0 Å². The summed E-state index contributed by atoms with van der Waals surface area (Å²) >= 11 is 0. The monoisotopic (exact) mass is 164 g/mol. The van der Waals surface area contributed by atoms with Crippen LogP contribution in [0.2, 0.25) is 0 Å². The van der Waals surface area contributed by atoms with E-state index in [1.54, 1.807) is 6.92 Å². The second-order valence-electron chi connectivity index (χ2n) is 4.31. The van der Waals surface area contributed by atoms with Crippen molar-refractivity contribution in [1.82, 2.24) is 0 Å². The lowest BCUT2D eigenvalue weighted by Crippen LogP contribution is -1.94. The minimum Gasteiger partial charge on any atom is -0.300 e.